The predicted octanol–water partition coefficient (Wildman–Crippen LogP) is -0.0361. The van der Waals surface area contributed by atoms with Crippen molar-refractivity contribution in [2.24, 2.45) is 0 Å². The van der Waals surface area contributed by atoms with Gasteiger partial charge in [0.15, 0.2) is 0 Å². The molecule has 0 spiro atoms. The number of aryl methyl sites for hydroxylation is 1. The van der Waals surface area contributed by atoms with Crippen LogP contribution in [0.2, 0.25) is 0 Å². The van der Waals surface area contributed by atoms with Crippen molar-refractivity contribution in [3.8, 4) is 6.07 Å². The van der Waals surface area contributed by atoms with Crippen LogP contribution in [0, 0.1) is 18.3 Å². The molecule has 0 saturated carbocycles. The van der Waals surface area contributed by atoms with Gasteiger partial charge in [-0.25, -0.2) is 4.79 Å². The van der Waals surface area contributed by atoms with Gasteiger partial charge in [-0.05, 0) is 13.0 Å². The number of pyridine rings is 1. The maximum absolute atomic E-state index is 11.2. The summed E-state index contributed by atoms with van der Waals surface area (Å²) in [5.74, 6) is -1.37. The summed E-state index contributed by atoms with van der Waals surface area (Å²) in [6.45, 7) is 1.36. The van der Waals surface area contributed by atoms with Crippen LogP contribution in [0.25, 0.3) is 0 Å². The molecule has 6 nitrogen and oxygen atoms in total. The first kappa shape index (κ1) is 9.80. The number of nitrogens with zero attached hydrogens (tertiary/aromatic N) is 2. The van der Waals surface area contributed by atoms with E-state index in [1.165, 1.54) is 13.0 Å². The van der Waals surface area contributed by atoms with Crippen LogP contribution in [-0.2, 0) is 0 Å². The lowest BCUT2D eigenvalue weighted by molar-refractivity contribution is 0.0695. The molecule has 0 saturated heterocycles. The van der Waals surface area contributed by atoms with Gasteiger partial charge >= 0.3 is 11.5 Å². The average Bonchev–Trinajstić information content (AvgIpc) is 2.13. The third kappa shape index (κ3) is 1.31. The van der Waals surface area contributed by atoms with Crippen molar-refractivity contribution in [1.29, 1.82) is 5.26 Å². The molecule has 0 fully saturated rings. The van der Waals surface area contributed by atoms with Crippen molar-refractivity contribution in [2.75, 3.05) is 0 Å². The van der Waals surface area contributed by atoms with E-state index in [0.717, 1.165) is 6.07 Å². The zero-order chi connectivity index (χ0) is 10.9. The van der Waals surface area contributed by atoms with Crippen LogP contribution in [0.3, 0.4) is 0 Å². The lowest BCUT2D eigenvalue weighted by atomic mass is 10.1. The molecule has 0 amide bonds. The van der Waals surface area contributed by atoms with Crippen molar-refractivity contribution in [2.45, 2.75) is 6.92 Å². The zero-order valence-corrected chi connectivity index (χ0v) is 7.18. The van der Waals surface area contributed by atoms with E-state index in [9.17, 15) is 9.59 Å². The van der Waals surface area contributed by atoms with E-state index in [-0.39, 0.29) is 10.4 Å². The van der Waals surface area contributed by atoms with Crippen molar-refractivity contribution < 1.29 is 15.1 Å². The second kappa shape index (κ2) is 3.22. The van der Waals surface area contributed by atoms with Crippen molar-refractivity contribution >= 4 is 5.97 Å². The van der Waals surface area contributed by atoms with Crippen LogP contribution in [0.5, 0.6) is 0 Å². The number of carboxylic acids is 1. The molecule has 2 N–H and O–H groups in total. The second-order valence-electron chi connectivity index (χ2n) is 2.61. The highest BCUT2D eigenvalue weighted by molar-refractivity contribution is 5.90. The standard InChI is InChI=1S/C8H6N2O4/c1-4-2-5(8(12)13)6(3-9)7(11)10(4)14/h2,14H,1H3,(H,12,13). The quantitative estimate of drug-likeness (QED) is 0.610. The molecule has 14 heavy (non-hydrogen) atoms. The molecule has 1 rings (SSSR count). The first-order valence-electron chi connectivity index (χ1n) is 3.58. The molecular formula is C8H6N2O4. The van der Waals surface area contributed by atoms with E-state index >= 15 is 0 Å². The van der Waals surface area contributed by atoms with E-state index in [4.69, 9.17) is 15.6 Å². The SMILES string of the molecule is Cc1cc(C(=O)O)c(C#N)c(=O)n1O. The maximum atomic E-state index is 11.2. The summed E-state index contributed by atoms with van der Waals surface area (Å²) >= 11 is 0. The molecule has 1 aromatic heterocycles. The summed E-state index contributed by atoms with van der Waals surface area (Å²) in [5, 5.41) is 26.3. The molecule has 0 unspecified atom stereocenters. The Labute approximate surface area is 78.2 Å². The number of aromatic carboxylic acids is 1. The molecule has 0 aliphatic heterocycles. The Morgan fingerprint density at radius 3 is 2.64 bits per heavy atom. The van der Waals surface area contributed by atoms with Gasteiger partial charge in [0, 0.05) is 0 Å². The number of carboxylic acid groups (broad SMARTS) is 1. The summed E-state index contributed by atoms with van der Waals surface area (Å²) < 4.78 is 0.241. The first-order valence-corrected chi connectivity index (χ1v) is 3.58. The van der Waals surface area contributed by atoms with Crippen LogP contribution < -0.4 is 5.56 Å². The highest BCUT2D eigenvalue weighted by Gasteiger charge is 2.16. The molecule has 0 aliphatic rings. The average molecular weight is 194 g/mol. The Balaban J connectivity index is 3.72. The van der Waals surface area contributed by atoms with Gasteiger partial charge in [0.1, 0.15) is 11.6 Å². The second-order valence-corrected chi connectivity index (χ2v) is 2.61. The number of nitriles is 1. The van der Waals surface area contributed by atoms with E-state index in [0.29, 0.717) is 0 Å². The lowest BCUT2D eigenvalue weighted by Crippen LogP contribution is -2.25. The van der Waals surface area contributed by atoms with Gasteiger partial charge in [-0.15, -0.1) is 0 Å². The molecule has 72 valence electrons. The largest absolute Gasteiger partial charge is 0.478 e. The molecule has 0 bridgehead atoms. The molecule has 0 aliphatic carbocycles. The summed E-state index contributed by atoms with van der Waals surface area (Å²) in [7, 11) is 0. The van der Waals surface area contributed by atoms with Crippen LogP contribution in [0.15, 0.2) is 10.9 Å². The molecular weight excluding hydrogens is 188 g/mol. The Kier molecular flexibility index (Phi) is 2.25. The van der Waals surface area contributed by atoms with Crippen LogP contribution in [0.4, 0.5) is 0 Å². The summed E-state index contributed by atoms with van der Waals surface area (Å²) in [5.41, 5.74) is -1.94. The Morgan fingerprint density at radius 1 is 1.64 bits per heavy atom. The first-order chi connectivity index (χ1) is 6.49. The van der Waals surface area contributed by atoms with Gasteiger partial charge in [-0.1, -0.05) is 0 Å². The van der Waals surface area contributed by atoms with E-state index in [1.54, 1.807) is 0 Å². The minimum atomic E-state index is -1.37. The topological polar surface area (TPSA) is 103 Å². The van der Waals surface area contributed by atoms with Crippen molar-refractivity contribution in [3.63, 3.8) is 0 Å². The molecule has 0 atom stereocenters. The lowest BCUT2D eigenvalue weighted by Gasteiger charge is -2.03. The third-order valence-corrected chi connectivity index (χ3v) is 1.71. The van der Waals surface area contributed by atoms with Gasteiger partial charge in [-0.3, -0.25) is 4.79 Å². The molecule has 0 aromatic carbocycles. The van der Waals surface area contributed by atoms with Crippen LogP contribution in [0.1, 0.15) is 21.6 Å². The van der Waals surface area contributed by atoms with Gasteiger partial charge in [-0.2, -0.15) is 9.99 Å². The minimum Gasteiger partial charge on any atom is -0.478 e. The summed E-state index contributed by atoms with van der Waals surface area (Å²) in [6.07, 6.45) is 0. The molecule has 1 heterocycles. The highest BCUT2D eigenvalue weighted by Crippen LogP contribution is 2.05. The number of hydrogen-bond donors (Lipinski definition) is 2. The smallest absolute Gasteiger partial charge is 0.337 e. The predicted molar refractivity (Wildman–Crippen MR) is 44.3 cm³/mol. The van der Waals surface area contributed by atoms with E-state index in [2.05, 4.69) is 0 Å². The van der Waals surface area contributed by atoms with Crippen LogP contribution >= 0.6 is 0 Å². The fourth-order valence-corrected chi connectivity index (χ4v) is 1.00. The summed E-state index contributed by atoms with van der Waals surface area (Å²) in [6, 6.07) is 2.50. The van der Waals surface area contributed by atoms with Crippen molar-refractivity contribution in [1.82, 2.24) is 4.73 Å². The van der Waals surface area contributed by atoms with Gasteiger partial charge in [0.05, 0.1) is 11.3 Å². The van der Waals surface area contributed by atoms with Crippen LogP contribution in [-0.4, -0.2) is 21.0 Å². The number of aromatic nitrogens is 1. The Bertz CT molecular complexity index is 495. The van der Waals surface area contributed by atoms with E-state index in [1.807, 2.05) is 0 Å². The van der Waals surface area contributed by atoms with Gasteiger partial charge in [0.25, 0.3) is 0 Å². The van der Waals surface area contributed by atoms with E-state index < -0.39 is 22.7 Å². The number of hydrogen-bond acceptors (Lipinski definition) is 4. The summed E-state index contributed by atoms with van der Waals surface area (Å²) in [4.78, 5) is 21.8. The zero-order valence-electron chi connectivity index (χ0n) is 7.18. The maximum Gasteiger partial charge on any atom is 0.337 e. The number of carbonyl (C=O) groups is 1. The fourth-order valence-electron chi connectivity index (χ4n) is 1.00. The fraction of sp³-hybridized carbons (Fsp3) is 0.125. The Hall–Kier alpha value is -2.29. The Morgan fingerprint density at radius 2 is 2.21 bits per heavy atom. The van der Waals surface area contributed by atoms with Gasteiger partial charge in [0.2, 0.25) is 0 Å². The molecule has 0 radical (unpaired) electrons. The normalized spacial score (nSPS) is 9.43. The molecule has 6 heteroatoms. The highest BCUT2D eigenvalue weighted by atomic mass is 16.5. The number of rotatable bonds is 1. The minimum absolute atomic E-state index is 0.0615. The monoisotopic (exact) mass is 194 g/mol. The van der Waals surface area contributed by atoms with Crippen molar-refractivity contribution in [3.05, 3.63) is 33.2 Å². The van der Waals surface area contributed by atoms with Gasteiger partial charge < -0.3 is 10.3 Å². The molecule has 1 aromatic rings. The third-order valence-electron chi connectivity index (χ3n) is 1.71.